The van der Waals surface area contributed by atoms with Crippen LogP contribution in [-0.2, 0) is 18.3 Å². The Morgan fingerprint density at radius 1 is 1.36 bits per heavy atom. The number of carbonyl (C=O) groups excluding carboxylic acids is 1. The number of nitrogens with zero attached hydrogens (tertiary/aromatic N) is 2. The fourth-order valence-corrected chi connectivity index (χ4v) is 2.34. The summed E-state index contributed by atoms with van der Waals surface area (Å²) < 4.78 is 1.84. The molecule has 3 N–H and O–H groups in total. The molecule has 0 amide bonds. The molecule has 0 aliphatic rings. The summed E-state index contributed by atoms with van der Waals surface area (Å²) in [6, 6.07) is 5.38. The lowest BCUT2D eigenvalue weighted by atomic mass is 10.1. The molecular weight excluding hydrogens is 282 g/mol. The Morgan fingerprint density at radius 2 is 2.23 bits per heavy atom. The lowest BCUT2D eigenvalue weighted by Gasteiger charge is -2.03. The van der Waals surface area contributed by atoms with Crippen LogP contribution in [0.15, 0.2) is 35.5 Å². The maximum Gasteiger partial charge on any atom is 0.271 e. The Balaban J connectivity index is 1.55. The van der Waals surface area contributed by atoms with Crippen LogP contribution in [0.5, 0.6) is 0 Å². The van der Waals surface area contributed by atoms with Crippen LogP contribution in [0, 0.1) is 0 Å². The van der Waals surface area contributed by atoms with Gasteiger partial charge in [0.15, 0.2) is 0 Å². The number of hydrogen-bond acceptors (Lipinski definition) is 4. The molecule has 7 nitrogen and oxygen atoms in total. The van der Waals surface area contributed by atoms with E-state index in [4.69, 9.17) is 0 Å². The van der Waals surface area contributed by atoms with Gasteiger partial charge < -0.3 is 9.88 Å². The van der Waals surface area contributed by atoms with E-state index in [0.717, 1.165) is 16.9 Å². The minimum Gasteiger partial charge on any atom is -0.368 e. The molecule has 0 aliphatic carbocycles. The van der Waals surface area contributed by atoms with Gasteiger partial charge in [0.25, 0.3) is 5.56 Å². The zero-order chi connectivity index (χ0) is 15.5. The van der Waals surface area contributed by atoms with E-state index in [2.05, 4.69) is 20.5 Å². The number of benzene rings is 1. The van der Waals surface area contributed by atoms with Gasteiger partial charge in [-0.1, -0.05) is 6.07 Å². The second-order valence-corrected chi connectivity index (χ2v) is 5.28. The molecule has 3 aromatic rings. The maximum atomic E-state index is 12.0. The van der Waals surface area contributed by atoms with E-state index in [1.165, 1.54) is 0 Å². The number of anilines is 1. The molecule has 0 unspecified atom stereocenters. The Morgan fingerprint density at radius 3 is 3.00 bits per heavy atom. The van der Waals surface area contributed by atoms with E-state index < -0.39 is 0 Å². The maximum absolute atomic E-state index is 12.0. The molecule has 1 aromatic carbocycles. The molecule has 0 spiro atoms. The number of aromatic amines is 2. The van der Waals surface area contributed by atoms with Gasteiger partial charge in [0.2, 0.25) is 0 Å². The van der Waals surface area contributed by atoms with Crippen molar-refractivity contribution in [3.63, 3.8) is 0 Å². The minimum absolute atomic E-state index is 0.140. The first-order valence-corrected chi connectivity index (χ1v) is 7.04. The molecule has 0 fully saturated rings. The van der Waals surface area contributed by atoms with Gasteiger partial charge in [-0.3, -0.25) is 19.8 Å². The first kappa shape index (κ1) is 14.1. The number of nitrogens with one attached hydrogen (secondary N) is 3. The molecular formula is C15H17N5O2. The molecule has 22 heavy (non-hydrogen) atoms. The second-order valence-electron chi connectivity index (χ2n) is 5.28. The summed E-state index contributed by atoms with van der Waals surface area (Å²) in [7, 11) is 1.89. The lowest BCUT2D eigenvalue weighted by molar-refractivity contribution is -0.118. The van der Waals surface area contributed by atoms with Crippen LogP contribution in [0.2, 0.25) is 0 Å². The van der Waals surface area contributed by atoms with Gasteiger partial charge >= 0.3 is 0 Å². The number of aromatic nitrogens is 4. The summed E-state index contributed by atoms with van der Waals surface area (Å²) in [5.74, 6) is 0.905. The van der Waals surface area contributed by atoms with Crippen LogP contribution in [0.3, 0.4) is 0 Å². The molecule has 2 aromatic heterocycles. The highest BCUT2D eigenvalue weighted by molar-refractivity contribution is 5.84. The summed E-state index contributed by atoms with van der Waals surface area (Å²) >= 11 is 0. The molecule has 0 saturated heterocycles. The van der Waals surface area contributed by atoms with E-state index >= 15 is 0 Å². The predicted octanol–water partition coefficient (Wildman–Crippen LogP) is 1.20. The SMILES string of the molecule is Cn1cnc(NCCC(=O)Cc2ccc3c(=O)[nH][nH]c3c2)c1. The monoisotopic (exact) mass is 299 g/mol. The van der Waals surface area contributed by atoms with Crippen molar-refractivity contribution < 1.29 is 4.79 Å². The van der Waals surface area contributed by atoms with E-state index in [0.29, 0.717) is 24.8 Å². The number of imidazole rings is 1. The molecule has 0 saturated carbocycles. The third-order valence-electron chi connectivity index (χ3n) is 3.46. The summed E-state index contributed by atoms with van der Waals surface area (Å²) in [6.07, 6.45) is 4.35. The summed E-state index contributed by atoms with van der Waals surface area (Å²) in [4.78, 5) is 27.6. The number of rotatable bonds is 6. The van der Waals surface area contributed by atoms with Gasteiger partial charge in [0, 0.05) is 32.6 Å². The van der Waals surface area contributed by atoms with Crippen molar-refractivity contribution >= 4 is 22.5 Å². The number of carbonyl (C=O) groups is 1. The van der Waals surface area contributed by atoms with Crippen LogP contribution in [-0.4, -0.2) is 32.1 Å². The Kier molecular flexibility index (Phi) is 3.78. The van der Waals surface area contributed by atoms with Crippen LogP contribution in [0.4, 0.5) is 5.82 Å². The van der Waals surface area contributed by atoms with Crippen LogP contribution >= 0.6 is 0 Å². The molecule has 0 atom stereocenters. The molecule has 114 valence electrons. The van der Waals surface area contributed by atoms with Crippen LogP contribution < -0.4 is 10.9 Å². The van der Waals surface area contributed by atoms with Crippen LogP contribution in [0.1, 0.15) is 12.0 Å². The van der Waals surface area contributed by atoms with Gasteiger partial charge in [-0.2, -0.15) is 0 Å². The van der Waals surface area contributed by atoms with Crippen molar-refractivity contribution in [2.75, 3.05) is 11.9 Å². The average molecular weight is 299 g/mol. The number of ketones is 1. The fraction of sp³-hybridized carbons (Fsp3) is 0.267. The zero-order valence-corrected chi connectivity index (χ0v) is 12.2. The first-order chi connectivity index (χ1) is 10.6. The highest BCUT2D eigenvalue weighted by Crippen LogP contribution is 2.11. The highest BCUT2D eigenvalue weighted by atomic mass is 16.1. The Bertz CT molecular complexity index is 858. The average Bonchev–Trinajstić information content (AvgIpc) is 3.05. The molecule has 0 radical (unpaired) electrons. The van der Waals surface area contributed by atoms with E-state index in [9.17, 15) is 9.59 Å². The smallest absolute Gasteiger partial charge is 0.271 e. The van der Waals surface area contributed by atoms with Gasteiger partial charge in [-0.05, 0) is 17.7 Å². The van der Waals surface area contributed by atoms with Crippen molar-refractivity contribution in [3.05, 3.63) is 46.6 Å². The van der Waals surface area contributed by atoms with Crippen molar-refractivity contribution in [2.24, 2.45) is 7.05 Å². The molecule has 2 heterocycles. The largest absolute Gasteiger partial charge is 0.368 e. The minimum atomic E-state index is -0.146. The molecule has 0 aliphatic heterocycles. The quantitative estimate of drug-likeness (QED) is 0.637. The van der Waals surface area contributed by atoms with Gasteiger partial charge in [0.05, 0.1) is 17.2 Å². The molecule has 3 rings (SSSR count). The highest BCUT2D eigenvalue weighted by Gasteiger charge is 2.07. The summed E-state index contributed by atoms with van der Waals surface area (Å²) in [5, 5.41) is 9.04. The standard InChI is InChI=1S/C15H17N5O2/c1-20-8-14(17-9-20)16-5-4-11(21)6-10-2-3-12-13(7-10)18-19-15(12)22/h2-3,7-9,16H,4-6H2,1H3,(H2,18,19,22). The number of aryl methyl sites for hydroxylation is 1. The second kappa shape index (κ2) is 5.88. The van der Waals surface area contributed by atoms with Crippen molar-refractivity contribution in [1.82, 2.24) is 19.7 Å². The summed E-state index contributed by atoms with van der Waals surface area (Å²) in [5.41, 5.74) is 1.47. The van der Waals surface area contributed by atoms with Gasteiger partial charge in [-0.15, -0.1) is 0 Å². The van der Waals surface area contributed by atoms with E-state index in [1.54, 1.807) is 12.4 Å². The predicted molar refractivity (Wildman–Crippen MR) is 83.9 cm³/mol. The molecule has 7 heteroatoms. The third kappa shape index (κ3) is 3.08. The Labute approximate surface area is 126 Å². The topological polar surface area (TPSA) is 95.6 Å². The van der Waals surface area contributed by atoms with E-state index in [-0.39, 0.29) is 11.3 Å². The number of H-pyrrole nitrogens is 2. The summed E-state index contributed by atoms with van der Waals surface area (Å²) in [6.45, 7) is 0.555. The number of Topliss-reactive ketones (excluding diaryl/α,β-unsaturated/α-hetero) is 1. The van der Waals surface area contributed by atoms with Gasteiger partial charge in [0.1, 0.15) is 11.6 Å². The van der Waals surface area contributed by atoms with E-state index in [1.807, 2.05) is 29.9 Å². The zero-order valence-electron chi connectivity index (χ0n) is 12.2. The fourth-order valence-electron chi connectivity index (χ4n) is 2.34. The number of fused-ring (bicyclic) bond motifs is 1. The van der Waals surface area contributed by atoms with Crippen molar-refractivity contribution in [1.29, 1.82) is 0 Å². The van der Waals surface area contributed by atoms with Crippen LogP contribution in [0.25, 0.3) is 10.9 Å². The van der Waals surface area contributed by atoms with Crippen molar-refractivity contribution in [3.8, 4) is 0 Å². The van der Waals surface area contributed by atoms with Gasteiger partial charge in [-0.25, -0.2) is 4.98 Å². The third-order valence-corrected chi connectivity index (χ3v) is 3.46. The molecule has 0 bridgehead atoms. The number of hydrogen-bond donors (Lipinski definition) is 3. The first-order valence-electron chi connectivity index (χ1n) is 7.04. The lowest BCUT2D eigenvalue weighted by Crippen LogP contribution is -2.10. The van der Waals surface area contributed by atoms with Crippen molar-refractivity contribution in [2.45, 2.75) is 12.8 Å². The Hall–Kier alpha value is -2.83. The normalized spacial score (nSPS) is 11.0.